The minimum Gasteiger partial charge on any atom is -0.493 e. The first-order valence-corrected chi connectivity index (χ1v) is 5.57. The third kappa shape index (κ3) is 2.26. The molecule has 0 saturated heterocycles. The molecule has 1 aromatic heterocycles. The van der Waals surface area contributed by atoms with Gasteiger partial charge in [-0.15, -0.1) is 5.10 Å². The van der Waals surface area contributed by atoms with E-state index in [0.717, 1.165) is 11.5 Å². The second-order valence-corrected chi connectivity index (χ2v) is 3.97. The molecule has 6 heteroatoms. The van der Waals surface area contributed by atoms with Gasteiger partial charge in [0.1, 0.15) is 4.88 Å². The van der Waals surface area contributed by atoms with Gasteiger partial charge in [-0.2, -0.15) is 0 Å². The third-order valence-corrected chi connectivity index (χ3v) is 2.89. The molecule has 0 aliphatic heterocycles. The Morgan fingerprint density at radius 3 is 2.59 bits per heavy atom. The van der Waals surface area contributed by atoms with Crippen LogP contribution in [0.4, 0.5) is 0 Å². The summed E-state index contributed by atoms with van der Waals surface area (Å²) in [4.78, 5) is 12.5. The summed E-state index contributed by atoms with van der Waals surface area (Å²) in [6, 6.07) is 5.02. The van der Waals surface area contributed by atoms with Crippen molar-refractivity contribution in [2.24, 2.45) is 0 Å². The van der Waals surface area contributed by atoms with Gasteiger partial charge in [0.15, 0.2) is 11.5 Å². The summed E-state index contributed by atoms with van der Waals surface area (Å²) < 4.78 is 13.9. The van der Waals surface area contributed by atoms with Gasteiger partial charge < -0.3 is 9.47 Å². The maximum Gasteiger partial charge on any atom is 0.206 e. The zero-order valence-electron chi connectivity index (χ0n) is 9.34. The molecule has 17 heavy (non-hydrogen) atoms. The van der Waals surface area contributed by atoms with Crippen molar-refractivity contribution in [2.45, 2.75) is 0 Å². The molecule has 0 amide bonds. The molecule has 0 unspecified atom stereocenters. The SMILES string of the molecule is COc1ccc(C(=O)c2cnns2)cc1OC. The van der Waals surface area contributed by atoms with Gasteiger partial charge in [-0.25, -0.2) is 0 Å². The maximum atomic E-state index is 12.0. The zero-order chi connectivity index (χ0) is 12.3. The summed E-state index contributed by atoms with van der Waals surface area (Å²) in [6.07, 6.45) is 1.45. The van der Waals surface area contributed by atoms with Crippen molar-refractivity contribution in [1.29, 1.82) is 0 Å². The molecule has 0 atom stereocenters. The van der Waals surface area contributed by atoms with Crippen LogP contribution in [0.5, 0.6) is 11.5 Å². The first kappa shape index (κ1) is 11.5. The smallest absolute Gasteiger partial charge is 0.206 e. The van der Waals surface area contributed by atoms with Gasteiger partial charge >= 0.3 is 0 Å². The fourth-order valence-corrected chi connectivity index (χ4v) is 1.86. The highest BCUT2D eigenvalue weighted by atomic mass is 32.1. The molecule has 1 heterocycles. The second kappa shape index (κ2) is 4.92. The van der Waals surface area contributed by atoms with Crippen LogP contribution < -0.4 is 9.47 Å². The van der Waals surface area contributed by atoms with Crippen molar-refractivity contribution in [1.82, 2.24) is 9.59 Å². The summed E-state index contributed by atoms with van der Waals surface area (Å²) in [5.74, 6) is 0.989. The molecular formula is C11H10N2O3S. The lowest BCUT2D eigenvalue weighted by molar-refractivity contribution is 0.104. The number of rotatable bonds is 4. The minimum atomic E-state index is -0.124. The second-order valence-electron chi connectivity index (χ2n) is 3.18. The molecule has 0 saturated carbocycles. The molecule has 0 bridgehead atoms. The van der Waals surface area contributed by atoms with E-state index < -0.39 is 0 Å². The molecule has 0 aliphatic rings. The first-order valence-electron chi connectivity index (χ1n) is 4.80. The lowest BCUT2D eigenvalue weighted by Crippen LogP contribution is -2.00. The van der Waals surface area contributed by atoms with Crippen LogP contribution in [-0.4, -0.2) is 29.6 Å². The van der Waals surface area contributed by atoms with Crippen LogP contribution in [0.15, 0.2) is 24.4 Å². The predicted molar refractivity (Wildman–Crippen MR) is 62.9 cm³/mol. The molecule has 0 spiro atoms. The average molecular weight is 250 g/mol. The highest BCUT2D eigenvalue weighted by molar-refractivity contribution is 7.08. The van der Waals surface area contributed by atoms with E-state index in [1.165, 1.54) is 13.3 Å². The number of nitrogens with zero attached hydrogens (tertiary/aromatic N) is 2. The van der Waals surface area contributed by atoms with Gasteiger partial charge in [0.25, 0.3) is 0 Å². The molecule has 0 radical (unpaired) electrons. The lowest BCUT2D eigenvalue weighted by Gasteiger charge is -2.08. The Labute approximate surface area is 102 Å². The largest absolute Gasteiger partial charge is 0.493 e. The number of ketones is 1. The van der Waals surface area contributed by atoms with Crippen molar-refractivity contribution >= 4 is 17.3 Å². The number of aromatic nitrogens is 2. The fraction of sp³-hybridized carbons (Fsp3) is 0.182. The van der Waals surface area contributed by atoms with Crippen molar-refractivity contribution in [3.63, 3.8) is 0 Å². The zero-order valence-corrected chi connectivity index (χ0v) is 10.2. The van der Waals surface area contributed by atoms with Crippen LogP contribution in [0.25, 0.3) is 0 Å². The number of ether oxygens (including phenoxy) is 2. The molecule has 2 aromatic rings. The van der Waals surface area contributed by atoms with Gasteiger partial charge in [-0.1, -0.05) is 4.49 Å². The Morgan fingerprint density at radius 2 is 2.00 bits per heavy atom. The monoisotopic (exact) mass is 250 g/mol. The van der Waals surface area contributed by atoms with Gasteiger partial charge in [0.05, 0.1) is 20.4 Å². The van der Waals surface area contributed by atoms with Crippen molar-refractivity contribution < 1.29 is 14.3 Å². The van der Waals surface area contributed by atoms with E-state index >= 15 is 0 Å². The van der Waals surface area contributed by atoms with Crippen LogP contribution in [0.3, 0.4) is 0 Å². The summed E-state index contributed by atoms with van der Waals surface area (Å²) in [5, 5.41) is 3.64. The molecule has 1 aromatic carbocycles. The Morgan fingerprint density at radius 1 is 1.24 bits per heavy atom. The fourth-order valence-electron chi connectivity index (χ4n) is 1.39. The summed E-state index contributed by atoms with van der Waals surface area (Å²) in [7, 11) is 3.08. The summed E-state index contributed by atoms with van der Waals surface area (Å²) in [6.45, 7) is 0. The number of benzene rings is 1. The van der Waals surface area contributed by atoms with Crippen molar-refractivity contribution in [3.8, 4) is 11.5 Å². The van der Waals surface area contributed by atoms with E-state index in [0.29, 0.717) is 21.9 Å². The van der Waals surface area contributed by atoms with E-state index in [-0.39, 0.29) is 5.78 Å². The number of hydrogen-bond donors (Lipinski definition) is 0. The number of carbonyl (C=O) groups is 1. The Kier molecular flexibility index (Phi) is 3.34. The topological polar surface area (TPSA) is 61.3 Å². The Hall–Kier alpha value is -1.95. The Balaban J connectivity index is 2.37. The highest BCUT2D eigenvalue weighted by Gasteiger charge is 2.14. The minimum absolute atomic E-state index is 0.124. The molecule has 0 fully saturated rings. The number of hydrogen-bond acceptors (Lipinski definition) is 6. The lowest BCUT2D eigenvalue weighted by atomic mass is 10.1. The molecule has 88 valence electrons. The van der Waals surface area contributed by atoms with Crippen LogP contribution in [0.1, 0.15) is 15.2 Å². The normalized spacial score (nSPS) is 10.0. The van der Waals surface area contributed by atoms with E-state index in [4.69, 9.17) is 9.47 Å². The van der Waals surface area contributed by atoms with Crippen LogP contribution in [0, 0.1) is 0 Å². The van der Waals surface area contributed by atoms with Crippen LogP contribution in [0.2, 0.25) is 0 Å². The van der Waals surface area contributed by atoms with E-state index in [2.05, 4.69) is 9.59 Å². The van der Waals surface area contributed by atoms with Gasteiger partial charge in [0, 0.05) is 5.56 Å². The van der Waals surface area contributed by atoms with E-state index in [9.17, 15) is 4.79 Å². The molecule has 5 nitrogen and oxygen atoms in total. The van der Waals surface area contributed by atoms with Gasteiger partial charge in [-0.05, 0) is 29.7 Å². The van der Waals surface area contributed by atoms with Crippen molar-refractivity contribution in [2.75, 3.05) is 14.2 Å². The first-order chi connectivity index (χ1) is 8.26. The van der Waals surface area contributed by atoms with Crippen LogP contribution in [-0.2, 0) is 0 Å². The van der Waals surface area contributed by atoms with Crippen LogP contribution >= 0.6 is 11.5 Å². The van der Waals surface area contributed by atoms with E-state index in [1.54, 1.807) is 25.3 Å². The summed E-state index contributed by atoms with van der Waals surface area (Å²) in [5.41, 5.74) is 0.522. The average Bonchev–Trinajstić information content (AvgIpc) is 2.90. The Bertz CT molecular complexity index is 526. The van der Waals surface area contributed by atoms with Gasteiger partial charge in [0.2, 0.25) is 5.78 Å². The maximum absolute atomic E-state index is 12.0. The van der Waals surface area contributed by atoms with E-state index in [1.807, 2.05) is 0 Å². The number of methoxy groups -OCH3 is 2. The quantitative estimate of drug-likeness (QED) is 0.774. The van der Waals surface area contributed by atoms with Crippen molar-refractivity contribution in [3.05, 3.63) is 34.8 Å². The molecule has 0 aliphatic carbocycles. The predicted octanol–water partition coefficient (Wildman–Crippen LogP) is 1.79. The number of carbonyl (C=O) groups excluding carboxylic acids is 1. The third-order valence-electron chi connectivity index (χ3n) is 2.23. The summed E-state index contributed by atoms with van der Waals surface area (Å²) >= 11 is 1.07. The standard InChI is InChI=1S/C11H10N2O3S/c1-15-8-4-3-7(5-9(8)16-2)11(14)10-6-12-13-17-10/h3-6H,1-2H3. The van der Waals surface area contributed by atoms with Gasteiger partial charge in [-0.3, -0.25) is 4.79 Å². The molecule has 2 rings (SSSR count). The molecular weight excluding hydrogens is 240 g/mol. The highest BCUT2D eigenvalue weighted by Crippen LogP contribution is 2.28. The molecule has 0 N–H and O–H groups in total.